The summed E-state index contributed by atoms with van der Waals surface area (Å²) >= 11 is 3.63. The molecule has 0 aromatic carbocycles. The van der Waals surface area contributed by atoms with Gasteiger partial charge in [0, 0.05) is 28.7 Å². The smallest absolute Gasteiger partial charge is 0.0492 e. The van der Waals surface area contributed by atoms with Crippen LogP contribution < -0.4 is 0 Å². The average Bonchev–Trinajstić information content (AvgIpc) is 2.51. The van der Waals surface area contributed by atoms with Crippen LogP contribution in [0.3, 0.4) is 0 Å². The Hall–Kier alpha value is -0.310. The quantitative estimate of drug-likeness (QED) is 0.747. The van der Waals surface area contributed by atoms with Crippen molar-refractivity contribution in [1.29, 1.82) is 0 Å². The van der Waals surface area contributed by atoms with Crippen molar-refractivity contribution in [3.05, 3.63) is 18.0 Å². The van der Waals surface area contributed by atoms with E-state index in [0.717, 1.165) is 19.4 Å². The molecular formula is C12H21BrN2. The van der Waals surface area contributed by atoms with Crippen LogP contribution >= 0.6 is 15.9 Å². The summed E-state index contributed by atoms with van der Waals surface area (Å²) in [7, 11) is 0. The molecule has 0 N–H and O–H groups in total. The molecule has 2 nitrogen and oxygen atoms in total. The van der Waals surface area contributed by atoms with Gasteiger partial charge in [0.05, 0.1) is 0 Å². The van der Waals surface area contributed by atoms with E-state index >= 15 is 0 Å². The van der Waals surface area contributed by atoms with E-state index in [1.54, 1.807) is 0 Å². The number of aromatic nitrogens is 2. The summed E-state index contributed by atoms with van der Waals surface area (Å²) in [5.41, 5.74) is 1.53. The van der Waals surface area contributed by atoms with E-state index in [-0.39, 0.29) is 5.41 Å². The van der Waals surface area contributed by atoms with Crippen LogP contribution in [0.2, 0.25) is 0 Å². The molecule has 0 spiro atoms. The number of alkyl halides is 1. The fraction of sp³-hybridized carbons (Fsp3) is 0.750. The van der Waals surface area contributed by atoms with Gasteiger partial charge in [-0.15, -0.1) is 0 Å². The maximum Gasteiger partial charge on any atom is 0.0492 e. The Labute approximate surface area is 101 Å². The highest BCUT2D eigenvalue weighted by Gasteiger charge is 2.25. The zero-order chi connectivity index (χ0) is 11.5. The van der Waals surface area contributed by atoms with Gasteiger partial charge in [-0.3, -0.25) is 4.68 Å². The van der Waals surface area contributed by atoms with E-state index in [9.17, 15) is 0 Å². The summed E-state index contributed by atoms with van der Waals surface area (Å²) in [5.74, 6) is 0. The lowest BCUT2D eigenvalue weighted by Gasteiger charge is -2.27. The molecule has 1 unspecified atom stereocenters. The van der Waals surface area contributed by atoms with Gasteiger partial charge in [-0.25, -0.2) is 0 Å². The second-order valence-corrected chi connectivity index (χ2v) is 6.37. The van der Waals surface area contributed by atoms with Crippen molar-refractivity contribution in [2.75, 3.05) is 0 Å². The lowest BCUT2D eigenvalue weighted by atomic mass is 9.84. The van der Waals surface area contributed by atoms with E-state index in [1.165, 1.54) is 5.69 Å². The average molecular weight is 273 g/mol. The van der Waals surface area contributed by atoms with E-state index in [1.807, 2.05) is 6.20 Å². The number of hydrogen-bond acceptors (Lipinski definition) is 1. The Kier molecular flexibility index (Phi) is 4.38. The van der Waals surface area contributed by atoms with Gasteiger partial charge in [0.1, 0.15) is 0 Å². The predicted octanol–water partition coefficient (Wildman–Crippen LogP) is 3.74. The maximum atomic E-state index is 4.38. The summed E-state index contributed by atoms with van der Waals surface area (Å²) < 4.78 is 2.13. The molecule has 1 aromatic rings. The zero-order valence-corrected chi connectivity index (χ0v) is 11.7. The fourth-order valence-electron chi connectivity index (χ4n) is 2.11. The summed E-state index contributed by atoms with van der Waals surface area (Å²) in [6.07, 6.45) is 4.17. The van der Waals surface area contributed by atoms with Crippen LogP contribution in [0.15, 0.2) is 12.3 Å². The molecule has 0 aliphatic carbocycles. The summed E-state index contributed by atoms with van der Waals surface area (Å²) in [6, 6.07) is 2.14. The molecule has 3 heteroatoms. The van der Waals surface area contributed by atoms with Crippen LogP contribution in [0.5, 0.6) is 0 Å². The van der Waals surface area contributed by atoms with Gasteiger partial charge >= 0.3 is 0 Å². The highest BCUT2D eigenvalue weighted by atomic mass is 79.9. The molecule has 1 heterocycles. The van der Waals surface area contributed by atoms with Crippen molar-refractivity contribution in [2.45, 2.75) is 57.3 Å². The van der Waals surface area contributed by atoms with Crippen LogP contribution in [0.1, 0.15) is 46.2 Å². The number of hydrogen-bond donors (Lipinski definition) is 0. The third-order valence-electron chi connectivity index (χ3n) is 2.64. The Bertz CT molecular complexity index is 302. The van der Waals surface area contributed by atoms with E-state index < -0.39 is 0 Å². The Balaban J connectivity index is 2.88. The Morgan fingerprint density at radius 2 is 2.20 bits per heavy atom. The molecule has 0 aliphatic rings. The number of nitrogens with zero attached hydrogens (tertiary/aromatic N) is 2. The monoisotopic (exact) mass is 272 g/mol. The number of aryl methyl sites for hydroxylation is 1. The predicted molar refractivity (Wildman–Crippen MR) is 68.6 cm³/mol. The second-order valence-electron chi connectivity index (χ2n) is 4.81. The largest absolute Gasteiger partial charge is 0.269 e. The van der Waals surface area contributed by atoms with Crippen molar-refractivity contribution < 1.29 is 0 Å². The van der Waals surface area contributed by atoms with Crippen molar-refractivity contribution in [1.82, 2.24) is 9.78 Å². The van der Waals surface area contributed by atoms with Crippen LogP contribution in [0, 0.1) is 0 Å². The van der Waals surface area contributed by atoms with Gasteiger partial charge in [0.25, 0.3) is 0 Å². The minimum Gasteiger partial charge on any atom is -0.269 e. The van der Waals surface area contributed by atoms with Crippen molar-refractivity contribution in [3.63, 3.8) is 0 Å². The molecule has 0 fully saturated rings. The lowest BCUT2D eigenvalue weighted by Crippen LogP contribution is -2.25. The highest BCUT2D eigenvalue weighted by molar-refractivity contribution is 9.09. The van der Waals surface area contributed by atoms with Crippen molar-refractivity contribution in [3.8, 4) is 0 Å². The molecular weight excluding hydrogens is 252 g/mol. The van der Waals surface area contributed by atoms with E-state index in [0.29, 0.717) is 4.83 Å². The van der Waals surface area contributed by atoms with Gasteiger partial charge in [-0.1, -0.05) is 43.6 Å². The minimum absolute atomic E-state index is 0.189. The zero-order valence-electron chi connectivity index (χ0n) is 10.1. The normalized spacial score (nSPS) is 14.2. The van der Waals surface area contributed by atoms with Gasteiger partial charge < -0.3 is 0 Å². The molecule has 15 heavy (non-hydrogen) atoms. The van der Waals surface area contributed by atoms with Crippen LogP contribution in [0.25, 0.3) is 0 Å². The highest BCUT2D eigenvalue weighted by Crippen LogP contribution is 2.30. The third kappa shape index (κ3) is 3.33. The molecule has 1 atom stereocenters. The first-order valence-electron chi connectivity index (χ1n) is 5.63. The molecule has 0 radical (unpaired) electrons. The van der Waals surface area contributed by atoms with Crippen molar-refractivity contribution in [2.24, 2.45) is 0 Å². The first-order chi connectivity index (χ1) is 6.97. The Morgan fingerprint density at radius 3 is 2.73 bits per heavy atom. The van der Waals surface area contributed by atoms with E-state index in [2.05, 4.69) is 59.5 Å². The molecule has 0 bridgehead atoms. The van der Waals surface area contributed by atoms with Gasteiger partial charge in [0.2, 0.25) is 0 Å². The first kappa shape index (κ1) is 12.8. The SMILES string of the molecule is CCCn1nccc1C(C)(C)CC(C)Br. The summed E-state index contributed by atoms with van der Waals surface area (Å²) in [5, 5.41) is 4.38. The molecule has 0 saturated carbocycles. The number of halogens is 1. The van der Waals surface area contributed by atoms with Crippen molar-refractivity contribution >= 4 is 15.9 Å². The number of rotatable bonds is 5. The molecule has 0 saturated heterocycles. The topological polar surface area (TPSA) is 17.8 Å². The van der Waals surface area contributed by atoms with Crippen LogP contribution in [-0.4, -0.2) is 14.6 Å². The van der Waals surface area contributed by atoms with Gasteiger partial charge in [-0.2, -0.15) is 5.10 Å². The van der Waals surface area contributed by atoms with Gasteiger partial charge in [-0.05, 0) is 18.9 Å². The second kappa shape index (κ2) is 5.15. The first-order valence-corrected chi connectivity index (χ1v) is 6.55. The maximum absolute atomic E-state index is 4.38. The summed E-state index contributed by atoms with van der Waals surface area (Å²) in [4.78, 5) is 0.539. The minimum atomic E-state index is 0.189. The molecule has 86 valence electrons. The summed E-state index contributed by atoms with van der Waals surface area (Å²) in [6.45, 7) is 9.97. The fourth-order valence-corrected chi connectivity index (χ4v) is 2.91. The molecule has 0 amide bonds. The molecule has 1 aromatic heterocycles. The van der Waals surface area contributed by atoms with Crippen LogP contribution in [0.4, 0.5) is 0 Å². The third-order valence-corrected chi connectivity index (χ3v) is 2.96. The Morgan fingerprint density at radius 1 is 1.53 bits per heavy atom. The van der Waals surface area contributed by atoms with E-state index in [4.69, 9.17) is 0 Å². The lowest BCUT2D eigenvalue weighted by molar-refractivity contribution is 0.423. The standard InChI is InChI=1S/C12H21BrN2/c1-5-8-15-11(6-7-14-15)12(3,4)9-10(2)13/h6-7,10H,5,8-9H2,1-4H3. The molecule has 1 rings (SSSR count). The van der Waals surface area contributed by atoms with Crippen LogP contribution in [-0.2, 0) is 12.0 Å². The molecule has 0 aliphatic heterocycles. The van der Waals surface area contributed by atoms with Gasteiger partial charge in [0.15, 0.2) is 0 Å².